The van der Waals surface area contributed by atoms with E-state index in [-0.39, 0.29) is 5.41 Å². The Kier molecular flexibility index (Phi) is 3.68. The SMILES string of the molecule is Cc1cc(C=O)cnc1N(C)CC(C)(C)C. The molecule has 0 fully saturated rings. The molecule has 0 bridgehead atoms. The lowest BCUT2D eigenvalue weighted by Gasteiger charge is -2.28. The number of nitrogens with zero attached hydrogens (tertiary/aromatic N) is 2. The molecule has 3 nitrogen and oxygen atoms in total. The molecule has 0 spiro atoms. The van der Waals surface area contributed by atoms with Gasteiger partial charge in [-0.15, -0.1) is 0 Å². The van der Waals surface area contributed by atoms with E-state index < -0.39 is 0 Å². The monoisotopic (exact) mass is 220 g/mol. The zero-order valence-corrected chi connectivity index (χ0v) is 10.7. The van der Waals surface area contributed by atoms with Crippen LogP contribution in [0, 0.1) is 12.3 Å². The highest BCUT2D eigenvalue weighted by atomic mass is 16.1. The van der Waals surface area contributed by atoms with Crippen LogP contribution in [0.4, 0.5) is 5.82 Å². The number of aromatic nitrogens is 1. The van der Waals surface area contributed by atoms with Crippen molar-refractivity contribution in [2.75, 3.05) is 18.5 Å². The van der Waals surface area contributed by atoms with Crippen molar-refractivity contribution in [1.29, 1.82) is 0 Å². The summed E-state index contributed by atoms with van der Waals surface area (Å²) in [5.41, 5.74) is 1.90. The van der Waals surface area contributed by atoms with Gasteiger partial charge in [-0.05, 0) is 24.0 Å². The van der Waals surface area contributed by atoms with Crippen LogP contribution < -0.4 is 4.90 Å². The molecule has 1 aromatic rings. The molecule has 0 aliphatic carbocycles. The van der Waals surface area contributed by atoms with Crippen LogP contribution in [0.3, 0.4) is 0 Å². The van der Waals surface area contributed by atoms with Crippen molar-refractivity contribution in [1.82, 2.24) is 4.98 Å². The fourth-order valence-electron chi connectivity index (χ4n) is 1.84. The van der Waals surface area contributed by atoms with E-state index in [1.165, 1.54) is 0 Å². The van der Waals surface area contributed by atoms with Gasteiger partial charge in [-0.2, -0.15) is 0 Å². The Bertz CT molecular complexity index is 380. The van der Waals surface area contributed by atoms with Crippen LogP contribution in [0.15, 0.2) is 12.3 Å². The van der Waals surface area contributed by atoms with Crippen molar-refractivity contribution in [3.8, 4) is 0 Å². The van der Waals surface area contributed by atoms with Crippen molar-refractivity contribution in [2.45, 2.75) is 27.7 Å². The Labute approximate surface area is 97.5 Å². The van der Waals surface area contributed by atoms with Crippen LogP contribution in [0.1, 0.15) is 36.7 Å². The van der Waals surface area contributed by atoms with Gasteiger partial charge in [-0.3, -0.25) is 4.79 Å². The molecule has 0 saturated heterocycles. The Morgan fingerprint density at radius 2 is 2.06 bits per heavy atom. The molecule has 1 heterocycles. The minimum atomic E-state index is 0.228. The molecule has 0 aliphatic rings. The molecule has 16 heavy (non-hydrogen) atoms. The zero-order chi connectivity index (χ0) is 12.3. The second kappa shape index (κ2) is 4.64. The van der Waals surface area contributed by atoms with Gasteiger partial charge in [-0.25, -0.2) is 4.98 Å². The fraction of sp³-hybridized carbons (Fsp3) is 0.538. The van der Waals surface area contributed by atoms with Gasteiger partial charge in [-0.1, -0.05) is 20.8 Å². The third-order valence-electron chi connectivity index (χ3n) is 2.28. The van der Waals surface area contributed by atoms with Crippen LogP contribution in [0.25, 0.3) is 0 Å². The lowest BCUT2D eigenvalue weighted by atomic mass is 9.96. The third-order valence-corrected chi connectivity index (χ3v) is 2.28. The van der Waals surface area contributed by atoms with E-state index in [4.69, 9.17) is 0 Å². The summed E-state index contributed by atoms with van der Waals surface area (Å²) in [5, 5.41) is 0. The number of hydrogen-bond acceptors (Lipinski definition) is 3. The van der Waals surface area contributed by atoms with Crippen LogP contribution in [0.5, 0.6) is 0 Å². The second-order valence-electron chi connectivity index (χ2n) is 5.44. The number of rotatable bonds is 3. The highest BCUT2D eigenvalue weighted by molar-refractivity contribution is 5.75. The Morgan fingerprint density at radius 1 is 1.44 bits per heavy atom. The van der Waals surface area contributed by atoms with Crippen LogP contribution in [0.2, 0.25) is 0 Å². The van der Waals surface area contributed by atoms with Crippen molar-refractivity contribution in [3.05, 3.63) is 23.4 Å². The second-order valence-corrected chi connectivity index (χ2v) is 5.44. The van der Waals surface area contributed by atoms with E-state index in [9.17, 15) is 4.79 Å². The Hall–Kier alpha value is -1.38. The molecular formula is C13H20N2O. The molecule has 0 atom stereocenters. The van der Waals surface area contributed by atoms with E-state index in [1.807, 2.05) is 20.0 Å². The van der Waals surface area contributed by atoms with Crippen LogP contribution >= 0.6 is 0 Å². The maximum Gasteiger partial charge on any atom is 0.151 e. The predicted molar refractivity (Wildman–Crippen MR) is 67.1 cm³/mol. The molecule has 0 aliphatic heterocycles. The van der Waals surface area contributed by atoms with E-state index in [0.717, 1.165) is 24.2 Å². The summed E-state index contributed by atoms with van der Waals surface area (Å²) in [6.07, 6.45) is 2.45. The number of anilines is 1. The molecule has 88 valence electrons. The standard InChI is InChI=1S/C13H20N2O/c1-10-6-11(8-16)7-14-12(10)15(5)9-13(2,3)4/h6-8H,9H2,1-5H3. The highest BCUT2D eigenvalue weighted by Crippen LogP contribution is 2.21. The molecule has 0 unspecified atom stereocenters. The van der Waals surface area contributed by atoms with E-state index in [1.54, 1.807) is 6.20 Å². The molecule has 0 saturated carbocycles. The lowest BCUT2D eigenvalue weighted by Crippen LogP contribution is -2.30. The maximum atomic E-state index is 10.6. The molecule has 0 radical (unpaired) electrons. The van der Waals surface area contributed by atoms with Gasteiger partial charge in [0.15, 0.2) is 6.29 Å². The first kappa shape index (κ1) is 12.7. The summed E-state index contributed by atoms with van der Waals surface area (Å²) in [7, 11) is 2.03. The minimum Gasteiger partial charge on any atom is -0.359 e. The fourth-order valence-corrected chi connectivity index (χ4v) is 1.84. The quantitative estimate of drug-likeness (QED) is 0.734. The molecule has 1 rings (SSSR count). The van der Waals surface area contributed by atoms with Gasteiger partial charge in [0.25, 0.3) is 0 Å². The molecule has 0 aromatic carbocycles. The maximum absolute atomic E-state index is 10.6. The first-order valence-corrected chi connectivity index (χ1v) is 5.46. The van der Waals surface area contributed by atoms with Gasteiger partial charge < -0.3 is 4.90 Å². The van der Waals surface area contributed by atoms with Gasteiger partial charge in [0.2, 0.25) is 0 Å². The number of carbonyl (C=O) groups is 1. The smallest absolute Gasteiger partial charge is 0.151 e. The Morgan fingerprint density at radius 3 is 2.50 bits per heavy atom. The van der Waals surface area contributed by atoms with Crippen LogP contribution in [-0.2, 0) is 0 Å². The summed E-state index contributed by atoms with van der Waals surface area (Å²) in [6, 6.07) is 1.87. The molecule has 0 amide bonds. The predicted octanol–water partition coefficient (Wildman–Crippen LogP) is 2.68. The minimum absolute atomic E-state index is 0.228. The summed E-state index contributed by atoms with van der Waals surface area (Å²) in [5.74, 6) is 0.945. The summed E-state index contributed by atoms with van der Waals surface area (Å²) < 4.78 is 0. The topological polar surface area (TPSA) is 33.2 Å². The molecule has 1 aromatic heterocycles. The van der Waals surface area contributed by atoms with Crippen molar-refractivity contribution < 1.29 is 4.79 Å². The number of pyridine rings is 1. The van der Waals surface area contributed by atoms with Gasteiger partial charge >= 0.3 is 0 Å². The van der Waals surface area contributed by atoms with E-state index in [0.29, 0.717) is 5.56 Å². The average Bonchev–Trinajstić information content (AvgIpc) is 2.14. The number of aldehydes is 1. The Balaban J connectivity index is 2.92. The number of carbonyl (C=O) groups excluding carboxylic acids is 1. The molecule has 3 heteroatoms. The van der Waals surface area contributed by atoms with Crippen molar-refractivity contribution >= 4 is 12.1 Å². The van der Waals surface area contributed by atoms with Gasteiger partial charge in [0.05, 0.1) is 0 Å². The zero-order valence-electron chi connectivity index (χ0n) is 10.7. The van der Waals surface area contributed by atoms with Gasteiger partial charge in [0, 0.05) is 25.4 Å². The summed E-state index contributed by atoms with van der Waals surface area (Å²) in [4.78, 5) is 17.1. The first-order valence-electron chi connectivity index (χ1n) is 5.46. The summed E-state index contributed by atoms with van der Waals surface area (Å²) in [6.45, 7) is 9.49. The normalized spacial score (nSPS) is 11.3. The van der Waals surface area contributed by atoms with Crippen molar-refractivity contribution in [3.63, 3.8) is 0 Å². The molecule has 0 N–H and O–H groups in total. The number of hydrogen-bond donors (Lipinski definition) is 0. The van der Waals surface area contributed by atoms with E-state index in [2.05, 4.69) is 30.7 Å². The third kappa shape index (κ3) is 3.33. The summed E-state index contributed by atoms with van der Waals surface area (Å²) >= 11 is 0. The average molecular weight is 220 g/mol. The van der Waals surface area contributed by atoms with Crippen molar-refractivity contribution in [2.24, 2.45) is 5.41 Å². The number of aryl methyl sites for hydroxylation is 1. The molecular weight excluding hydrogens is 200 g/mol. The van der Waals surface area contributed by atoms with Crippen LogP contribution in [-0.4, -0.2) is 24.9 Å². The first-order chi connectivity index (χ1) is 7.33. The van der Waals surface area contributed by atoms with Gasteiger partial charge in [0.1, 0.15) is 5.82 Å². The van der Waals surface area contributed by atoms with E-state index >= 15 is 0 Å². The highest BCUT2D eigenvalue weighted by Gasteiger charge is 2.16. The largest absolute Gasteiger partial charge is 0.359 e. The lowest BCUT2D eigenvalue weighted by molar-refractivity contribution is 0.112.